The summed E-state index contributed by atoms with van der Waals surface area (Å²) in [4.78, 5) is 22.2. The smallest absolute Gasteiger partial charge is 0.416 e. The highest BCUT2D eigenvalue weighted by Crippen LogP contribution is 2.38. The Morgan fingerprint density at radius 1 is 1.30 bits per heavy atom. The highest BCUT2D eigenvalue weighted by Gasteiger charge is 2.48. The van der Waals surface area contributed by atoms with Crippen LogP contribution in [-0.4, -0.2) is 17.0 Å². The van der Waals surface area contributed by atoms with Gasteiger partial charge in [-0.25, -0.2) is 0 Å². The first kappa shape index (κ1) is 14.4. The minimum atomic E-state index is -4.43. The number of carboxylic acid groups (broad SMARTS) is 1. The minimum absolute atomic E-state index is 0.0500. The van der Waals surface area contributed by atoms with E-state index in [2.05, 4.69) is 5.32 Å². The number of hydrogen-bond donors (Lipinski definition) is 2. The van der Waals surface area contributed by atoms with Crippen molar-refractivity contribution in [1.29, 1.82) is 0 Å². The van der Waals surface area contributed by atoms with Crippen molar-refractivity contribution in [1.82, 2.24) is 5.32 Å². The monoisotopic (exact) mass is 287 g/mol. The predicted octanol–water partition coefficient (Wildman–Crippen LogP) is 2.04. The zero-order valence-corrected chi connectivity index (χ0v) is 10.3. The summed E-state index contributed by atoms with van der Waals surface area (Å²) < 4.78 is 37.5. The summed E-state index contributed by atoms with van der Waals surface area (Å²) in [6.07, 6.45) is -4.14. The van der Waals surface area contributed by atoms with Gasteiger partial charge in [-0.2, -0.15) is 13.2 Å². The number of hydrogen-bond acceptors (Lipinski definition) is 2. The van der Waals surface area contributed by atoms with Crippen LogP contribution in [0.5, 0.6) is 0 Å². The average molecular weight is 287 g/mol. The Balaban J connectivity index is 1.92. The summed E-state index contributed by atoms with van der Waals surface area (Å²) in [7, 11) is 0. The molecule has 0 bridgehead atoms. The van der Waals surface area contributed by atoms with Gasteiger partial charge in [0.15, 0.2) is 0 Å². The third-order valence-electron chi connectivity index (χ3n) is 3.17. The lowest BCUT2D eigenvalue weighted by Gasteiger charge is -2.09. The molecule has 7 heteroatoms. The molecular formula is C13H12F3NO3. The van der Waals surface area contributed by atoms with Crippen molar-refractivity contribution >= 4 is 11.9 Å². The third kappa shape index (κ3) is 3.28. The molecule has 0 aromatic heterocycles. The van der Waals surface area contributed by atoms with Crippen LogP contribution in [0.3, 0.4) is 0 Å². The van der Waals surface area contributed by atoms with Crippen LogP contribution in [0.4, 0.5) is 13.2 Å². The van der Waals surface area contributed by atoms with Gasteiger partial charge in [0.05, 0.1) is 17.4 Å². The SMILES string of the molecule is O=C(O)[C@H]1C[C@@H]1C(=O)NCc1cccc(C(F)(F)F)c1. The number of halogens is 3. The molecule has 4 nitrogen and oxygen atoms in total. The van der Waals surface area contributed by atoms with Crippen LogP contribution in [0.1, 0.15) is 17.5 Å². The fraction of sp³-hybridized carbons (Fsp3) is 0.385. The predicted molar refractivity (Wildman–Crippen MR) is 62.5 cm³/mol. The summed E-state index contributed by atoms with van der Waals surface area (Å²) in [5, 5.41) is 11.1. The van der Waals surface area contributed by atoms with Crippen LogP contribution in [0.25, 0.3) is 0 Å². The Bertz CT molecular complexity index is 542. The molecule has 0 unspecified atom stereocenters. The molecule has 108 valence electrons. The summed E-state index contributed by atoms with van der Waals surface area (Å²) in [5.41, 5.74) is -0.459. The molecule has 2 N–H and O–H groups in total. The van der Waals surface area contributed by atoms with E-state index < -0.39 is 35.5 Å². The van der Waals surface area contributed by atoms with Crippen molar-refractivity contribution in [2.24, 2.45) is 11.8 Å². The maximum atomic E-state index is 12.5. The average Bonchev–Trinajstić information content (AvgIpc) is 3.15. The van der Waals surface area contributed by atoms with Crippen molar-refractivity contribution < 1.29 is 27.9 Å². The van der Waals surface area contributed by atoms with Crippen LogP contribution in [-0.2, 0) is 22.3 Å². The molecule has 20 heavy (non-hydrogen) atoms. The number of aliphatic carboxylic acids is 1. The van der Waals surface area contributed by atoms with Gasteiger partial charge in [0.2, 0.25) is 5.91 Å². The number of carboxylic acids is 1. The quantitative estimate of drug-likeness (QED) is 0.890. The van der Waals surface area contributed by atoms with Crippen LogP contribution in [0.15, 0.2) is 24.3 Å². The zero-order chi connectivity index (χ0) is 14.9. The molecule has 0 aliphatic heterocycles. The molecule has 0 spiro atoms. The Labute approximate surface area is 112 Å². The number of alkyl halides is 3. The van der Waals surface area contributed by atoms with Crippen molar-refractivity contribution in [3.05, 3.63) is 35.4 Å². The lowest BCUT2D eigenvalue weighted by atomic mass is 10.1. The van der Waals surface area contributed by atoms with Crippen LogP contribution in [0, 0.1) is 11.8 Å². The van der Waals surface area contributed by atoms with Gasteiger partial charge in [-0.1, -0.05) is 12.1 Å². The van der Waals surface area contributed by atoms with Crippen molar-refractivity contribution in [2.45, 2.75) is 19.1 Å². The van der Waals surface area contributed by atoms with Crippen molar-refractivity contribution in [2.75, 3.05) is 0 Å². The molecule has 2 atom stereocenters. The number of carbonyl (C=O) groups excluding carboxylic acids is 1. The van der Waals surface area contributed by atoms with E-state index in [1.54, 1.807) is 0 Å². The summed E-state index contributed by atoms with van der Waals surface area (Å²) in [6.45, 7) is -0.0500. The second-order valence-corrected chi connectivity index (χ2v) is 4.70. The van der Waals surface area contributed by atoms with Gasteiger partial charge in [0.25, 0.3) is 0 Å². The van der Waals surface area contributed by atoms with Crippen molar-refractivity contribution in [3.8, 4) is 0 Å². The van der Waals surface area contributed by atoms with E-state index in [1.807, 2.05) is 0 Å². The highest BCUT2D eigenvalue weighted by molar-refractivity contribution is 5.89. The van der Waals surface area contributed by atoms with E-state index in [-0.39, 0.29) is 13.0 Å². The first-order valence-corrected chi connectivity index (χ1v) is 5.95. The van der Waals surface area contributed by atoms with Gasteiger partial charge in [-0.15, -0.1) is 0 Å². The lowest BCUT2D eigenvalue weighted by molar-refractivity contribution is -0.140. The molecule has 0 heterocycles. The summed E-state index contributed by atoms with van der Waals surface area (Å²) in [5.74, 6) is -2.70. The molecule has 0 radical (unpaired) electrons. The second kappa shape index (κ2) is 5.15. The van der Waals surface area contributed by atoms with Gasteiger partial charge in [-0.05, 0) is 24.1 Å². The maximum Gasteiger partial charge on any atom is 0.416 e. The third-order valence-corrected chi connectivity index (χ3v) is 3.17. The fourth-order valence-corrected chi connectivity index (χ4v) is 1.94. The highest BCUT2D eigenvalue weighted by atomic mass is 19.4. The number of carbonyl (C=O) groups is 2. The van der Waals surface area contributed by atoms with E-state index in [1.165, 1.54) is 12.1 Å². The Hall–Kier alpha value is -2.05. The number of amides is 1. The topological polar surface area (TPSA) is 66.4 Å². The number of nitrogens with one attached hydrogen (secondary N) is 1. The van der Waals surface area contributed by atoms with Gasteiger partial charge in [0, 0.05) is 6.54 Å². The van der Waals surface area contributed by atoms with E-state index in [0.29, 0.717) is 5.56 Å². The molecule has 1 aliphatic carbocycles. The first-order valence-electron chi connectivity index (χ1n) is 5.95. The van der Waals surface area contributed by atoms with Gasteiger partial charge >= 0.3 is 12.1 Å². The van der Waals surface area contributed by atoms with Crippen LogP contribution in [0.2, 0.25) is 0 Å². The fourth-order valence-electron chi connectivity index (χ4n) is 1.94. The first-order chi connectivity index (χ1) is 9.29. The normalized spacial score (nSPS) is 21.4. The molecule has 2 rings (SSSR count). The Kier molecular flexibility index (Phi) is 3.69. The van der Waals surface area contributed by atoms with Crippen molar-refractivity contribution in [3.63, 3.8) is 0 Å². The molecule has 1 amide bonds. The van der Waals surface area contributed by atoms with Crippen LogP contribution < -0.4 is 5.32 Å². The summed E-state index contributed by atoms with van der Waals surface area (Å²) in [6, 6.07) is 4.65. The van der Waals surface area contributed by atoms with Gasteiger partial charge in [0.1, 0.15) is 0 Å². The minimum Gasteiger partial charge on any atom is -0.481 e. The molecular weight excluding hydrogens is 275 g/mol. The molecule has 1 fully saturated rings. The Morgan fingerprint density at radius 3 is 2.55 bits per heavy atom. The van der Waals surface area contributed by atoms with E-state index in [4.69, 9.17) is 5.11 Å². The molecule has 0 saturated heterocycles. The maximum absolute atomic E-state index is 12.5. The van der Waals surface area contributed by atoms with Gasteiger partial charge in [-0.3, -0.25) is 9.59 Å². The van der Waals surface area contributed by atoms with E-state index in [0.717, 1.165) is 12.1 Å². The molecule has 1 saturated carbocycles. The number of benzene rings is 1. The zero-order valence-electron chi connectivity index (χ0n) is 10.3. The molecule has 1 aromatic carbocycles. The van der Waals surface area contributed by atoms with Crippen LogP contribution >= 0.6 is 0 Å². The second-order valence-electron chi connectivity index (χ2n) is 4.70. The number of rotatable bonds is 4. The summed E-state index contributed by atoms with van der Waals surface area (Å²) >= 11 is 0. The molecule has 1 aromatic rings. The molecule has 1 aliphatic rings. The Morgan fingerprint density at radius 2 is 2.00 bits per heavy atom. The van der Waals surface area contributed by atoms with E-state index >= 15 is 0 Å². The standard InChI is InChI=1S/C13H12F3NO3/c14-13(15,16)8-3-1-2-7(4-8)6-17-11(18)9-5-10(9)12(19)20/h1-4,9-10H,5-6H2,(H,17,18)(H,19,20)/t9-,10-/m0/s1. The van der Waals surface area contributed by atoms with Gasteiger partial charge < -0.3 is 10.4 Å². The largest absolute Gasteiger partial charge is 0.481 e. The lowest BCUT2D eigenvalue weighted by Crippen LogP contribution is -2.26. The van der Waals surface area contributed by atoms with E-state index in [9.17, 15) is 22.8 Å².